The fourth-order valence-electron chi connectivity index (χ4n) is 0.727. The molecule has 4 nitrogen and oxygen atoms in total. The summed E-state index contributed by atoms with van der Waals surface area (Å²) < 4.78 is 0. The zero-order valence-corrected chi connectivity index (χ0v) is 8.17. The van der Waals surface area contributed by atoms with Gasteiger partial charge in [0.15, 0.2) is 0 Å². The smallest absolute Gasteiger partial charge is 0.233 e. The summed E-state index contributed by atoms with van der Waals surface area (Å²) in [5.41, 5.74) is 0.522. The third kappa shape index (κ3) is 4.92. The molecule has 0 unspecified atom stereocenters. The number of carbonyl (C=O) groups excluding carboxylic acids is 2. The van der Waals surface area contributed by atoms with Crippen molar-refractivity contribution >= 4 is 11.8 Å². The largest absolute Gasteiger partial charge is 0.359 e. The van der Waals surface area contributed by atoms with Crippen LogP contribution in [0.5, 0.6) is 0 Å². The van der Waals surface area contributed by atoms with Gasteiger partial charge in [-0.05, 0) is 12.2 Å². The van der Waals surface area contributed by atoms with Crippen LogP contribution in [0.4, 0.5) is 0 Å². The molecule has 0 saturated carbocycles. The zero-order chi connectivity index (χ0) is 11.0. The molecule has 0 aromatic carbocycles. The molecule has 0 radical (unpaired) electrons. The van der Waals surface area contributed by atoms with Crippen molar-refractivity contribution in [2.75, 3.05) is 7.05 Å². The van der Waals surface area contributed by atoms with Gasteiger partial charge in [0.25, 0.3) is 0 Å². The summed E-state index contributed by atoms with van der Waals surface area (Å²) in [6.45, 7) is 6.98. The van der Waals surface area contributed by atoms with Crippen LogP contribution < -0.4 is 10.6 Å². The van der Waals surface area contributed by atoms with Crippen molar-refractivity contribution in [3.8, 4) is 0 Å². The van der Waals surface area contributed by atoms with Crippen LogP contribution in [0.2, 0.25) is 0 Å². The van der Waals surface area contributed by atoms with E-state index in [0.717, 1.165) is 0 Å². The average Bonchev–Trinajstić information content (AvgIpc) is 2.16. The van der Waals surface area contributed by atoms with Crippen molar-refractivity contribution in [1.29, 1.82) is 0 Å². The number of amides is 2. The van der Waals surface area contributed by atoms with Crippen molar-refractivity contribution in [3.63, 3.8) is 0 Å². The molecule has 2 amide bonds. The summed E-state index contributed by atoms with van der Waals surface area (Å²) in [7, 11) is 1.48. The Morgan fingerprint density at radius 3 is 2.36 bits per heavy atom. The van der Waals surface area contributed by atoms with E-state index in [-0.39, 0.29) is 18.2 Å². The van der Waals surface area contributed by atoms with Crippen LogP contribution >= 0.6 is 0 Å². The Morgan fingerprint density at radius 1 is 1.29 bits per heavy atom. The highest BCUT2D eigenvalue weighted by atomic mass is 16.2. The Morgan fingerprint density at radius 2 is 1.93 bits per heavy atom. The third-order valence-electron chi connectivity index (χ3n) is 1.40. The zero-order valence-electron chi connectivity index (χ0n) is 8.17. The van der Waals surface area contributed by atoms with Gasteiger partial charge < -0.3 is 10.6 Å². The lowest BCUT2D eigenvalue weighted by molar-refractivity contribution is -0.128. The molecule has 0 aromatic rings. The molecule has 76 valence electrons. The molecule has 0 saturated heterocycles. The normalized spacial score (nSPS) is 10.2. The summed E-state index contributed by atoms with van der Waals surface area (Å²) in [6, 6.07) is 0. The van der Waals surface area contributed by atoms with Gasteiger partial charge in [-0.25, -0.2) is 0 Å². The van der Waals surface area contributed by atoms with E-state index in [0.29, 0.717) is 5.70 Å². The summed E-state index contributed by atoms with van der Waals surface area (Å²) >= 11 is 0. The molecule has 0 fully saturated rings. The topological polar surface area (TPSA) is 58.2 Å². The number of carbonyl (C=O) groups is 2. The van der Waals surface area contributed by atoms with Crippen LogP contribution in [0.25, 0.3) is 0 Å². The first-order chi connectivity index (χ1) is 6.63. The molecule has 0 rings (SSSR count). The monoisotopic (exact) mass is 194 g/mol. The quantitative estimate of drug-likeness (QED) is 0.494. The molecule has 0 aliphatic rings. The minimum atomic E-state index is -0.377. The van der Waals surface area contributed by atoms with E-state index in [1.807, 2.05) is 0 Å². The number of allylic oxidation sites excluding steroid dienone is 3. The van der Waals surface area contributed by atoms with Crippen LogP contribution in [0.15, 0.2) is 37.1 Å². The van der Waals surface area contributed by atoms with Crippen molar-refractivity contribution in [2.24, 2.45) is 0 Å². The van der Waals surface area contributed by atoms with Crippen molar-refractivity contribution < 1.29 is 9.59 Å². The summed E-state index contributed by atoms with van der Waals surface area (Å²) in [5, 5.41) is 4.86. The van der Waals surface area contributed by atoms with Crippen LogP contribution in [0.1, 0.15) is 6.42 Å². The standard InChI is InChI=1S/C10H14N2O2/c1-4-6-8(5-2)12-10(14)7-9(13)11-3/h4-6H,1-2,7H2,3H3,(H,11,13)(H,12,14)/b8-6+. The molecular weight excluding hydrogens is 180 g/mol. The fourth-order valence-corrected chi connectivity index (χ4v) is 0.727. The second-order valence-corrected chi connectivity index (χ2v) is 2.46. The van der Waals surface area contributed by atoms with Crippen LogP contribution in [-0.2, 0) is 9.59 Å². The van der Waals surface area contributed by atoms with Crippen LogP contribution in [-0.4, -0.2) is 18.9 Å². The van der Waals surface area contributed by atoms with Gasteiger partial charge >= 0.3 is 0 Å². The van der Waals surface area contributed by atoms with Crippen LogP contribution in [0.3, 0.4) is 0 Å². The Hall–Kier alpha value is -1.84. The van der Waals surface area contributed by atoms with Crippen molar-refractivity contribution in [1.82, 2.24) is 10.6 Å². The Kier molecular flexibility index (Phi) is 5.78. The number of hydrogen-bond acceptors (Lipinski definition) is 2. The number of nitrogens with one attached hydrogen (secondary N) is 2. The molecule has 4 heteroatoms. The maximum Gasteiger partial charge on any atom is 0.233 e. The van der Waals surface area contributed by atoms with E-state index >= 15 is 0 Å². The van der Waals surface area contributed by atoms with E-state index in [2.05, 4.69) is 23.8 Å². The molecular formula is C10H14N2O2. The molecule has 0 bridgehead atoms. The maximum absolute atomic E-state index is 11.2. The number of rotatable bonds is 5. The third-order valence-corrected chi connectivity index (χ3v) is 1.40. The van der Waals surface area contributed by atoms with Crippen LogP contribution in [0, 0.1) is 0 Å². The van der Waals surface area contributed by atoms with Gasteiger partial charge in [-0.1, -0.05) is 19.2 Å². The molecule has 0 aromatic heterocycles. The van der Waals surface area contributed by atoms with E-state index in [1.54, 1.807) is 6.08 Å². The lowest BCUT2D eigenvalue weighted by Gasteiger charge is -2.03. The van der Waals surface area contributed by atoms with E-state index in [4.69, 9.17) is 0 Å². The van der Waals surface area contributed by atoms with Gasteiger partial charge in [0.2, 0.25) is 11.8 Å². The van der Waals surface area contributed by atoms with Gasteiger partial charge in [0.05, 0.1) is 0 Å². The number of hydrogen-bond donors (Lipinski definition) is 2. The van der Waals surface area contributed by atoms with Gasteiger partial charge in [0.1, 0.15) is 6.42 Å². The Labute approximate surface area is 83.4 Å². The van der Waals surface area contributed by atoms with Gasteiger partial charge in [-0.3, -0.25) is 9.59 Å². The first-order valence-electron chi connectivity index (χ1n) is 4.09. The lowest BCUT2D eigenvalue weighted by atomic mass is 10.3. The first-order valence-corrected chi connectivity index (χ1v) is 4.09. The average molecular weight is 194 g/mol. The predicted octanol–water partition coefficient (Wildman–Crippen LogP) is 0.495. The van der Waals surface area contributed by atoms with Crippen molar-refractivity contribution in [3.05, 3.63) is 37.1 Å². The Balaban J connectivity index is 4.16. The summed E-state index contributed by atoms with van der Waals surface area (Å²) in [5.74, 6) is -0.707. The minimum Gasteiger partial charge on any atom is -0.359 e. The molecule has 0 atom stereocenters. The molecule has 0 aliphatic heterocycles. The highest BCUT2D eigenvalue weighted by molar-refractivity contribution is 5.97. The summed E-state index contributed by atoms with van der Waals surface area (Å²) in [4.78, 5) is 22.0. The molecule has 0 aliphatic carbocycles. The molecule has 0 heterocycles. The van der Waals surface area contributed by atoms with Crippen molar-refractivity contribution in [2.45, 2.75) is 6.42 Å². The van der Waals surface area contributed by atoms with E-state index in [1.165, 1.54) is 19.2 Å². The van der Waals surface area contributed by atoms with Gasteiger partial charge in [-0.2, -0.15) is 0 Å². The SMILES string of the molecule is C=C/C=C(\C=C)NC(=O)CC(=O)NC. The molecule has 0 spiro atoms. The maximum atomic E-state index is 11.2. The summed E-state index contributed by atoms with van der Waals surface area (Å²) in [6.07, 6.45) is 4.40. The Bertz CT molecular complexity index is 280. The fraction of sp³-hybridized carbons (Fsp3) is 0.200. The lowest BCUT2D eigenvalue weighted by Crippen LogP contribution is -2.29. The first kappa shape index (κ1) is 12.2. The second-order valence-electron chi connectivity index (χ2n) is 2.46. The van der Waals surface area contributed by atoms with Gasteiger partial charge in [-0.15, -0.1) is 0 Å². The van der Waals surface area contributed by atoms with E-state index < -0.39 is 0 Å². The molecule has 2 N–H and O–H groups in total. The molecule has 14 heavy (non-hydrogen) atoms. The predicted molar refractivity (Wildman–Crippen MR) is 55.3 cm³/mol. The second kappa shape index (κ2) is 6.65. The highest BCUT2D eigenvalue weighted by Crippen LogP contribution is 1.92. The van der Waals surface area contributed by atoms with Gasteiger partial charge in [0, 0.05) is 12.7 Å². The minimum absolute atomic E-state index is 0.196. The highest BCUT2D eigenvalue weighted by Gasteiger charge is 2.07. The van der Waals surface area contributed by atoms with E-state index in [9.17, 15) is 9.59 Å².